The summed E-state index contributed by atoms with van der Waals surface area (Å²) in [5, 5.41) is 0. The fraction of sp³-hybridized carbons (Fsp3) is 0.0714. The summed E-state index contributed by atoms with van der Waals surface area (Å²) >= 11 is 2.93. The van der Waals surface area contributed by atoms with Crippen LogP contribution in [0.25, 0.3) is 0 Å². The first kappa shape index (κ1) is 14.6. The Morgan fingerprint density at radius 1 is 1.10 bits per heavy atom. The number of anilines is 1. The van der Waals surface area contributed by atoms with Crippen molar-refractivity contribution in [2.24, 2.45) is 0 Å². The van der Waals surface area contributed by atoms with Crippen LogP contribution in [0.15, 0.2) is 40.9 Å². The second kappa shape index (κ2) is 5.66. The number of nitrogens with zero attached hydrogens (tertiary/aromatic N) is 1. The van der Waals surface area contributed by atoms with Crippen molar-refractivity contribution < 1.29 is 18.0 Å². The third-order valence-corrected chi connectivity index (χ3v) is 3.18. The highest BCUT2D eigenvalue weighted by molar-refractivity contribution is 9.10. The van der Waals surface area contributed by atoms with Gasteiger partial charge in [0.15, 0.2) is 0 Å². The third kappa shape index (κ3) is 2.85. The van der Waals surface area contributed by atoms with Gasteiger partial charge in [-0.3, -0.25) is 4.79 Å². The molecule has 0 heterocycles. The first-order valence-corrected chi connectivity index (χ1v) is 6.37. The molecule has 0 aliphatic carbocycles. The van der Waals surface area contributed by atoms with E-state index >= 15 is 0 Å². The van der Waals surface area contributed by atoms with Crippen molar-refractivity contribution in [2.45, 2.75) is 0 Å². The summed E-state index contributed by atoms with van der Waals surface area (Å²) in [6, 6.07) is 7.18. The lowest BCUT2D eigenvalue weighted by Crippen LogP contribution is -2.28. The molecule has 1 amide bonds. The number of amides is 1. The van der Waals surface area contributed by atoms with Gasteiger partial charge in [-0.1, -0.05) is 22.0 Å². The molecule has 0 saturated carbocycles. The predicted octanol–water partition coefficient (Wildman–Crippen LogP) is 4.14. The maximum Gasteiger partial charge on any atom is 0.263 e. The molecule has 20 heavy (non-hydrogen) atoms. The molecule has 0 radical (unpaired) electrons. The van der Waals surface area contributed by atoms with Crippen LogP contribution < -0.4 is 4.90 Å². The first-order valence-electron chi connectivity index (χ1n) is 5.58. The fourth-order valence-electron chi connectivity index (χ4n) is 1.72. The summed E-state index contributed by atoms with van der Waals surface area (Å²) < 4.78 is 40.8. The Labute approximate surface area is 122 Å². The smallest absolute Gasteiger partial charge is 0.263 e. The highest BCUT2D eigenvalue weighted by Crippen LogP contribution is 2.23. The maximum absolute atomic E-state index is 13.7. The highest BCUT2D eigenvalue weighted by atomic mass is 79.9. The molecule has 2 aromatic rings. The van der Waals surface area contributed by atoms with Gasteiger partial charge >= 0.3 is 0 Å². The van der Waals surface area contributed by atoms with Crippen LogP contribution in [0.2, 0.25) is 0 Å². The molecule has 2 nitrogen and oxygen atoms in total. The van der Waals surface area contributed by atoms with Gasteiger partial charge in [0.1, 0.15) is 23.0 Å². The Morgan fingerprint density at radius 3 is 2.25 bits per heavy atom. The number of rotatable bonds is 2. The Bertz CT molecular complexity index is 652. The van der Waals surface area contributed by atoms with Crippen molar-refractivity contribution in [3.05, 3.63) is 63.9 Å². The maximum atomic E-state index is 13.7. The number of hydrogen-bond donors (Lipinski definition) is 0. The molecule has 0 aliphatic rings. The molecule has 0 aromatic heterocycles. The van der Waals surface area contributed by atoms with E-state index in [0.29, 0.717) is 0 Å². The van der Waals surface area contributed by atoms with E-state index in [1.165, 1.54) is 25.2 Å². The summed E-state index contributed by atoms with van der Waals surface area (Å²) in [7, 11) is 1.32. The molecule has 0 spiro atoms. The zero-order valence-corrected chi connectivity index (χ0v) is 11.9. The predicted molar refractivity (Wildman–Crippen MR) is 73.2 cm³/mol. The van der Waals surface area contributed by atoms with Gasteiger partial charge in [-0.25, -0.2) is 13.2 Å². The molecule has 0 atom stereocenters. The quantitative estimate of drug-likeness (QED) is 0.802. The molecule has 0 N–H and O–H groups in total. The van der Waals surface area contributed by atoms with Crippen molar-refractivity contribution in [3.63, 3.8) is 0 Å². The Morgan fingerprint density at radius 2 is 1.70 bits per heavy atom. The lowest BCUT2D eigenvalue weighted by atomic mass is 10.1. The van der Waals surface area contributed by atoms with Crippen molar-refractivity contribution in [1.82, 2.24) is 0 Å². The SMILES string of the molecule is CN(C(=O)c1c(F)cc(Br)cc1F)c1cccc(F)c1. The Hall–Kier alpha value is -1.82. The Kier molecular flexibility index (Phi) is 4.13. The lowest BCUT2D eigenvalue weighted by molar-refractivity contribution is 0.0985. The van der Waals surface area contributed by atoms with E-state index in [-0.39, 0.29) is 10.2 Å². The van der Waals surface area contributed by atoms with Crippen LogP contribution in [0.4, 0.5) is 18.9 Å². The minimum atomic E-state index is -0.981. The summed E-state index contributed by atoms with van der Waals surface area (Å²) in [5.74, 6) is -3.40. The van der Waals surface area contributed by atoms with Gasteiger partial charge < -0.3 is 4.90 Å². The first-order chi connectivity index (χ1) is 9.40. The summed E-state index contributed by atoms with van der Waals surface area (Å²) in [6.45, 7) is 0. The van der Waals surface area contributed by atoms with Crippen LogP contribution in [0.5, 0.6) is 0 Å². The van der Waals surface area contributed by atoms with E-state index in [4.69, 9.17) is 0 Å². The van der Waals surface area contributed by atoms with Gasteiger partial charge in [0.05, 0.1) is 0 Å². The zero-order chi connectivity index (χ0) is 14.9. The molecule has 2 aromatic carbocycles. The average Bonchev–Trinajstić information content (AvgIpc) is 2.36. The lowest BCUT2D eigenvalue weighted by Gasteiger charge is -2.18. The van der Waals surface area contributed by atoms with Crippen LogP contribution >= 0.6 is 15.9 Å². The van der Waals surface area contributed by atoms with Gasteiger partial charge in [0, 0.05) is 17.2 Å². The minimum Gasteiger partial charge on any atom is -0.311 e. The Balaban J connectivity index is 2.41. The zero-order valence-electron chi connectivity index (χ0n) is 10.3. The van der Waals surface area contributed by atoms with Gasteiger partial charge in [-0.05, 0) is 30.3 Å². The fourth-order valence-corrected chi connectivity index (χ4v) is 2.12. The van der Waals surface area contributed by atoms with E-state index < -0.39 is 28.9 Å². The molecule has 0 aliphatic heterocycles. The minimum absolute atomic E-state index is 0.192. The van der Waals surface area contributed by atoms with Crippen LogP contribution in [0, 0.1) is 17.5 Å². The van der Waals surface area contributed by atoms with Crippen LogP contribution in [-0.4, -0.2) is 13.0 Å². The van der Waals surface area contributed by atoms with Crippen LogP contribution in [0.3, 0.4) is 0 Å². The van der Waals surface area contributed by atoms with Crippen molar-refractivity contribution >= 4 is 27.5 Å². The summed E-state index contributed by atoms with van der Waals surface area (Å²) in [5.41, 5.74) is -0.475. The van der Waals surface area contributed by atoms with Crippen molar-refractivity contribution in [2.75, 3.05) is 11.9 Å². The monoisotopic (exact) mass is 343 g/mol. The van der Waals surface area contributed by atoms with Crippen LogP contribution in [0.1, 0.15) is 10.4 Å². The largest absolute Gasteiger partial charge is 0.311 e. The molecular weight excluding hydrogens is 335 g/mol. The van der Waals surface area contributed by atoms with Gasteiger partial charge in [-0.2, -0.15) is 0 Å². The van der Waals surface area contributed by atoms with E-state index in [1.54, 1.807) is 0 Å². The molecule has 0 unspecified atom stereocenters. The summed E-state index contributed by atoms with van der Waals surface area (Å²) in [4.78, 5) is 13.1. The van der Waals surface area contributed by atoms with Gasteiger partial charge in [0.2, 0.25) is 0 Å². The van der Waals surface area contributed by atoms with E-state index in [1.807, 2.05) is 0 Å². The van der Waals surface area contributed by atoms with Gasteiger partial charge in [0.25, 0.3) is 5.91 Å². The normalized spacial score (nSPS) is 10.4. The van der Waals surface area contributed by atoms with Crippen LogP contribution in [-0.2, 0) is 0 Å². The number of hydrogen-bond acceptors (Lipinski definition) is 1. The topological polar surface area (TPSA) is 20.3 Å². The van der Waals surface area contributed by atoms with E-state index in [2.05, 4.69) is 15.9 Å². The number of halogens is 4. The second-order valence-electron chi connectivity index (χ2n) is 4.09. The molecule has 2 rings (SSSR count). The molecule has 0 bridgehead atoms. The van der Waals surface area contributed by atoms with Gasteiger partial charge in [-0.15, -0.1) is 0 Å². The van der Waals surface area contributed by atoms with Crippen molar-refractivity contribution in [3.8, 4) is 0 Å². The van der Waals surface area contributed by atoms with E-state index in [0.717, 1.165) is 23.1 Å². The molecule has 6 heteroatoms. The highest BCUT2D eigenvalue weighted by Gasteiger charge is 2.22. The molecule has 0 saturated heterocycles. The summed E-state index contributed by atoms with van der Waals surface area (Å²) in [6.07, 6.45) is 0. The second-order valence-corrected chi connectivity index (χ2v) is 5.00. The number of benzene rings is 2. The third-order valence-electron chi connectivity index (χ3n) is 2.72. The number of carbonyl (C=O) groups excluding carboxylic acids is 1. The standard InChI is InChI=1S/C14H9BrF3NO/c1-19(10-4-2-3-9(16)7-10)14(20)13-11(17)5-8(15)6-12(13)18/h2-7H,1H3. The van der Waals surface area contributed by atoms with Crippen molar-refractivity contribution in [1.29, 1.82) is 0 Å². The number of carbonyl (C=O) groups is 1. The average molecular weight is 344 g/mol. The van der Waals surface area contributed by atoms with E-state index in [9.17, 15) is 18.0 Å². The molecular formula is C14H9BrF3NO. The molecule has 0 fully saturated rings. The molecule has 104 valence electrons.